The Morgan fingerprint density at radius 1 is 1.25 bits per heavy atom. The standard InChI is InChI=1S/C12H12ClF3N4/c1-6(2)10-11(17)18-19-20(10)9-4-7(12(14,15)16)3-8(13)5-9/h3-6H,17H2,1-2H3. The molecular formula is C12H12ClF3N4. The van der Waals surface area contributed by atoms with Crippen LogP contribution in [-0.4, -0.2) is 15.0 Å². The molecule has 0 amide bonds. The Bertz CT molecular complexity index is 634. The molecule has 2 aromatic rings. The van der Waals surface area contributed by atoms with Crippen LogP contribution in [0.5, 0.6) is 0 Å². The molecule has 1 aromatic heterocycles. The zero-order chi connectivity index (χ0) is 15.1. The summed E-state index contributed by atoms with van der Waals surface area (Å²) in [5.41, 5.74) is 5.57. The van der Waals surface area contributed by atoms with Crippen molar-refractivity contribution in [3.8, 4) is 5.69 Å². The highest BCUT2D eigenvalue weighted by Gasteiger charge is 2.31. The summed E-state index contributed by atoms with van der Waals surface area (Å²) < 4.78 is 39.7. The molecule has 0 aliphatic rings. The first-order valence-corrected chi connectivity index (χ1v) is 6.17. The molecule has 0 radical (unpaired) electrons. The van der Waals surface area contributed by atoms with Crippen LogP contribution in [0.25, 0.3) is 5.69 Å². The molecule has 0 spiro atoms. The zero-order valence-corrected chi connectivity index (χ0v) is 11.5. The monoisotopic (exact) mass is 304 g/mol. The summed E-state index contributed by atoms with van der Waals surface area (Å²) in [5.74, 6) is 0.145. The second-order valence-corrected chi connectivity index (χ2v) is 5.06. The minimum atomic E-state index is -4.48. The minimum absolute atomic E-state index is 0.0291. The fourth-order valence-corrected chi connectivity index (χ4v) is 2.12. The van der Waals surface area contributed by atoms with Gasteiger partial charge in [-0.3, -0.25) is 0 Å². The van der Waals surface area contributed by atoms with Gasteiger partial charge in [0.2, 0.25) is 0 Å². The van der Waals surface area contributed by atoms with Gasteiger partial charge in [0.25, 0.3) is 0 Å². The van der Waals surface area contributed by atoms with Gasteiger partial charge < -0.3 is 5.73 Å². The molecule has 0 unspecified atom stereocenters. The Morgan fingerprint density at radius 2 is 1.90 bits per heavy atom. The molecule has 0 fully saturated rings. The predicted octanol–water partition coefficient (Wildman–Crippen LogP) is 3.65. The number of hydrogen-bond acceptors (Lipinski definition) is 3. The van der Waals surface area contributed by atoms with Gasteiger partial charge in [-0.15, -0.1) is 5.10 Å². The van der Waals surface area contributed by atoms with E-state index in [4.69, 9.17) is 17.3 Å². The maximum Gasteiger partial charge on any atom is 0.416 e. The molecule has 0 aliphatic carbocycles. The number of nitrogens with zero attached hydrogens (tertiary/aromatic N) is 3. The van der Waals surface area contributed by atoms with Crippen LogP contribution in [0.3, 0.4) is 0 Å². The van der Waals surface area contributed by atoms with Crippen LogP contribution in [0.4, 0.5) is 19.0 Å². The van der Waals surface area contributed by atoms with E-state index in [0.29, 0.717) is 5.69 Å². The van der Waals surface area contributed by atoms with Crippen molar-refractivity contribution < 1.29 is 13.2 Å². The molecule has 0 aliphatic heterocycles. The van der Waals surface area contributed by atoms with E-state index >= 15 is 0 Å². The van der Waals surface area contributed by atoms with Crippen molar-refractivity contribution in [3.05, 3.63) is 34.5 Å². The maximum atomic E-state index is 12.8. The largest absolute Gasteiger partial charge is 0.416 e. The first-order chi connectivity index (χ1) is 9.20. The summed E-state index contributed by atoms with van der Waals surface area (Å²) in [6.07, 6.45) is -4.48. The predicted molar refractivity (Wildman–Crippen MR) is 69.9 cm³/mol. The number of nitrogen functional groups attached to an aromatic ring is 1. The van der Waals surface area contributed by atoms with Gasteiger partial charge in [-0.05, 0) is 24.1 Å². The van der Waals surface area contributed by atoms with Gasteiger partial charge in [0.05, 0.1) is 16.9 Å². The summed E-state index contributed by atoms with van der Waals surface area (Å²) in [6.45, 7) is 3.70. The van der Waals surface area contributed by atoms with E-state index in [0.717, 1.165) is 12.1 Å². The first-order valence-electron chi connectivity index (χ1n) is 5.79. The van der Waals surface area contributed by atoms with Crippen molar-refractivity contribution in [2.75, 3.05) is 5.73 Å². The van der Waals surface area contributed by atoms with Gasteiger partial charge in [0, 0.05) is 5.02 Å². The Labute approximate surface area is 118 Å². The van der Waals surface area contributed by atoms with E-state index in [-0.39, 0.29) is 22.4 Å². The molecule has 8 heteroatoms. The molecule has 1 aromatic carbocycles. The van der Waals surface area contributed by atoms with E-state index in [2.05, 4.69) is 10.3 Å². The number of alkyl halides is 3. The molecule has 108 valence electrons. The highest BCUT2D eigenvalue weighted by molar-refractivity contribution is 6.30. The number of nitrogens with two attached hydrogens (primary N) is 1. The zero-order valence-electron chi connectivity index (χ0n) is 10.7. The van der Waals surface area contributed by atoms with E-state index < -0.39 is 11.7 Å². The lowest BCUT2D eigenvalue weighted by atomic mass is 10.1. The average Bonchev–Trinajstić information content (AvgIpc) is 2.69. The summed E-state index contributed by atoms with van der Waals surface area (Å²) in [7, 11) is 0. The summed E-state index contributed by atoms with van der Waals surface area (Å²) in [5, 5.41) is 7.46. The third kappa shape index (κ3) is 2.72. The SMILES string of the molecule is CC(C)c1c(N)nnn1-c1cc(Cl)cc(C(F)(F)F)c1. The molecule has 0 saturated heterocycles. The van der Waals surface area contributed by atoms with Gasteiger partial charge in [-0.25, -0.2) is 4.68 Å². The number of hydrogen-bond donors (Lipinski definition) is 1. The second-order valence-electron chi connectivity index (χ2n) is 4.62. The van der Waals surface area contributed by atoms with Crippen molar-refractivity contribution in [1.82, 2.24) is 15.0 Å². The van der Waals surface area contributed by atoms with Gasteiger partial charge in [-0.1, -0.05) is 30.7 Å². The van der Waals surface area contributed by atoms with Crippen molar-refractivity contribution in [3.63, 3.8) is 0 Å². The Morgan fingerprint density at radius 3 is 2.45 bits per heavy atom. The van der Waals surface area contributed by atoms with E-state index in [9.17, 15) is 13.2 Å². The lowest BCUT2D eigenvalue weighted by Gasteiger charge is -2.13. The molecule has 2 N–H and O–H groups in total. The van der Waals surface area contributed by atoms with Crippen molar-refractivity contribution in [1.29, 1.82) is 0 Å². The summed E-state index contributed by atoms with van der Waals surface area (Å²) in [6, 6.07) is 3.21. The summed E-state index contributed by atoms with van der Waals surface area (Å²) in [4.78, 5) is 0. The molecule has 2 rings (SSSR count). The van der Waals surface area contributed by atoms with Gasteiger partial charge in [0.15, 0.2) is 5.82 Å². The first kappa shape index (κ1) is 14.6. The number of rotatable bonds is 2. The number of aromatic nitrogens is 3. The van der Waals surface area contributed by atoms with E-state index in [1.807, 2.05) is 13.8 Å². The molecule has 4 nitrogen and oxygen atoms in total. The quantitative estimate of drug-likeness (QED) is 0.921. The molecule has 0 saturated carbocycles. The van der Waals surface area contributed by atoms with Gasteiger partial charge >= 0.3 is 6.18 Å². The van der Waals surface area contributed by atoms with E-state index in [1.54, 1.807) is 0 Å². The van der Waals surface area contributed by atoms with Crippen LogP contribution in [-0.2, 0) is 6.18 Å². The van der Waals surface area contributed by atoms with Crippen LogP contribution in [0.15, 0.2) is 18.2 Å². The van der Waals surface area contributed by atoms with Crippen LogP contribution in [0, 0.1) is 0 Å². The number of halogens is 4. The minimum Gasteiger partial charge on any atom is -0.381 e. The second kappa shape index (κ2) is 4.97. The molecule has 0 atom stereocenters. The van der Waals surface area contributed by atoms with Crippen molar-refractivity contribution in [2.45, 2.75) is 25.9 Å². The lowest BCUT2D eigenvalue weighted by molar-refractivity contribution is -0.137. The third-order valence-electron chi connectivity index (χ3n) is 2.73. The highest BCUT2D eigenvalue weighted by atomic mass is 35.5. The fraction of sp³-hybridized carbons (Fsp3) is 0.333. The molecule has 20 heavy (non-hydrogen) atoms. The highest BCUT2D eigenvalue weighted by Crippen LogP contribution is 2.33. The number of anilines is 1. The van der Waals surface area contributed by atoms with Crippen LogP contribution in [0.1, 0.15) is 31.0 Å². The van der Waals surface area contributed by atoms with Crippen molar-refractivity contribution >= 4 is 17.4 Å². The topological polar surface area (TPSA) is 56.7 Å². The molecule has 1 heterocycles. The molecule has 0 bridgehead atoms. The number of benzene rings is 1. The lowest BCUT2D eigenvalue weighted by Crippen LogP contribution is -2.09. The Kier molecular flexibility index (Phi) is 3.64. The smallest absolute Gasteiger partial charge is 0.381 e. The normalized spacial score (nSPS) is 12.2. The van der Waals surface area contributed by atoms with Crippen LogP contribution < -0.4 is 5.73 Å². The van der Waals surface area contributed by atoms with Gasteiger partial charge in [0.1, 0.15) is 0 Å². The molecular weight excluding hydrogens is 293 g/mol. The summed E-state index contributed by atoms with van der Waals surface area (Å²) >= 11 is 5.75. The fourth-order valence-electron chi connectivity index (χ4n) is 1.89. The maximum absolute atomic E-state index is 12.8. The Balaban J connectivity index is 2.62. The Hall–Kier alpha value is -1.76. The van der Waals surface area contributed by atoms with Crippen molar-refractivity contribution in [2.24, 2.45) is 0 Å². The van der Waals surface area contributed by atoms with Gasteiger partial charge in [-0.2, -0.15) is 13.2 Å². The van der Waals surface area contributed by atoms with Crippen LogP contribution in [0.2, 0.25) is 5.02 Å². The third-order valence-corrected chi connectivity index (χ3v) is 2.95. The van der Waals surface area contributed by atoms with E-state index in [1.165, 1.54) is 10.7 Å². The van der Waals surface area contributed by atoms with Crippen LogP contribution >= 0.6 is 11.6 Å². The average molecular weight is 305 g/mol.